The van der Waals surface area contributed by atoms with E-state index in [2.05, 4.69) is 25.8 Å². The minimum absolute atomic E-state index is 0.146. The van der Waals surface area contributed by atoms with Crippen LogP contribution in [-0.4, -0.2) is 36.8 Å². The largest absolute Gasteiger partial charge is 0.342 e. The van der Waals surface area contributed by atoms with Gasteiger partial charge in [0.2, 0.25) is 5.91 Å². The van der Waals surface area contributed by atoms with E-state index in [1.165, 1.54) is 23.1 Å². The van der Waals surface area contributed by atoms with Gasteiger partial charge in [0.25, 0.3) is 5.91 Å². The van der Waals surface area contributed by atoms with E-state index in [1.54, 1.807) is 12.1 Å². The van der Waals surface area contributed by atoms with E-state index in [9.17, 15) is 9.59 Å². The van der Waals surface area contributed by atoms with E-state index in [0.717, 1.165) is 5.69 Å². The molecule has 0 fully saturated rings. The van der Waals surface area contributed by atoms with Crippen LogP contribution in [-0.2, 0) is 11.3 Å². The molecule has 2 aromatic heterocycles. The van der Waals surface area contributed by atoms with Crippen molar-refractivity contribution in [2.45, 2.75) is 50.7 Å². The first-order valence-corrected chi connectivity index (χ1v) is 11.3. The molecule has 3 rings (SSSR count). The molecule has 30 heavy (non-hydrogen) atoms. The molecule has 0 aliphatic rings. The van der Waals surface area contributed by atoms with Gasteiger partial charge in [-0.1, -0.05) is 30.0 Å². The van der Waals surface area contributed by atoms with Gasteiger partial charge in [0.05, 0.1) is 17.0 Å². The minimum atomic E-state index is -0.384. The van der Waals surface area contributed by atoms with Crippen LogP contribution < -0.4 is 10.6 Å². The molecular formula is C20H24N6O2S2. The summed E-state index contributed by atoms with van der Waals surface area (Å²) in [5.74, 6) is 0.328. The van der Waals surface area contributed by atoms with Crippen molar-refractivity contribution in [3.63, 3.8) is 0 Å². The summed E-state index contributed by atoms with van der Waals surface area (Å²) in [7, 11) is 0. The van der Waals surface area contributed by atoms with Gasteiger partial charge in [-0.2, -0.15) is 0 Å². The Kier molecular flexibility index (Phi) is 7.22. The smallest absolute Gasteiger partial charge is 0.251 e. The molecule has 0 aliphatic heterocycles. The Morgan fingerprint density at radius 1 is 1.20 bits per heavy atom. The number of thioether (sulfide) groups is 1. The zero-order chi connectivity index (χ0) is 21.7. The lowest BCUT2D eigenvalue weighted by atomic mass is 10.2. The van der Waals surface area contributed by atoms with E-state index in [-0.39, 0.29) is 23.1 Å². The molecule has 2 unspecified atom stereocenters. The standard InChI is InChI=1S/C20H24N6O2S2/c1-5-26-16(13(3)22-18(28)15-9-7-6-8-10-15)24-25-20(26)30-14(4)17(27)23-19-21-12(2)11-29-19/h6-11,13-14H,5H2,1-4H3,(H,22,28)(H,21,23,27). The maximum Gasteiger partial charge on any atom is 0.251 e. The SMILES string of the molecule is CCn1c(SC(C)C(=O)Nc2nc(C)cs2)nnc1C(C)NC(=O)c1ccccc1. The third-order valence-electron chi connectivity index (χ3n) is 4.33. The topological polar surface area (TPSA) is 102 Å². The number of nitrogens with one attached hydrogen (secondary N) is 2. The lowest BCUT2D eigenvalue weighted by Crippen LogP contribution is -2.28. The van der Waals surface area contributed by atoms with Gasteiger partial charge in [-0.15, -0.1) is 21.5 Å². The Bertz CT molecular complexity index is 1020. The van der Waals surface area contributed by atoms with E-state index in [0.29, 0.717) is 28.2 Å². The molecule has 1 aromatic carbocycles. The van der Waals surface area contributed by atoms with Crippen LogP contribution in [0.3, 0.4) is 0 Å². The summed E-state index contributed by atoms with van der Waals surface area (Å²) in [6, 6.07) is 8.70. The minimum Gasteiger partial charge on any atom is -0.342 e. The zero-order valence-corrected chi connectivity index (χ0v) is 18.9. The quantitative estimate of drug-likeness (QED) is 0.514. The van der Waals surface area contributed by atoms with Gasteiger partial charge < -0.3 is 15.2 Å². The lowest BCUT2D eigenvalue weighted by Gasteiger charge is -2.16. The molecule has 3 aromatic rings. The molecule has 10 heteroatoms. The Labute approximate surface area is 183 Å². The average Bonchev–Trinajstić information content (AvgIpc) is 3.33. The van der Waals surface area contributed by atoms with Crippen LogP contribution in [0.2, 0.25) is 0 Å². The van der Waals surface area contributed by atoms with Crippen molar-refractivity contribution in [1.82, 2.24) is 25.1 Å². The van der Waals surface area contributed by atoms with Gasteiger partial charge in [-0.3, -0.25) is 9.59 Å². The molecule has 158 valence electrons. The van der Waals surface area contributed by atoms with Gasteiger partial charge in [-0.05, 0) is 39.8 Å². The van der Waals surface area contributed by atoms with Crippen LogP contribution in [0, 0.1) is 6.92 Å². The molecule has 0 bridgehead atoms. The van der Waals surface area contributed by atoms with Crippen molar-refractivity contribution in [3.05, 3.63) is 52.8 Å². The summed E-state index contributed by atoms with van der Waals surface area (Å²) in [5, 5.41) is 17.0. The van der Waals surface area contributed by atoms with E-state index >= 15 is 0 Å². The Hall–Kier alpha value is -2.72. The fourth-order valence-electron chi connectivity index (χ4n) is 2.77. The predicted molar refractivity (Wildman–Crippen MR) is 119 cm³/mol. The number of benzene rings is 1. The summed E-state index contributed by atoms with van der Waals surface area (Å²) in [5.41, 5.74) is 1.46. The van der Waals surface area contributed by atoms with Crippen molar-refractivity contribution in [2.24, 2.45) is 0 Å². The monoisotopic (exact) mass is 444 g/mol. The number of amides is 2. The number of aryl methyl sites for hydroxylation is 1. The number of carbonyl (C=O) groups excluding carboxylic acids is 2. The molecule has 0 saturated carbocycles. The van der Waals surface area contributed by atoms with Crippen molar-refractivity contribution in [3.8, 4) is 0 Å². The normalized spacial score (nSPS) is 12.9. The second kappa shape index (κ2) is 9.86. The molecule has 2 amide bonds. The van der Waals surface area contributed by atoms with Gasteiger partial charge in [0.1, 0.15) is 0 Å². The van der Waals surface area contributed by atoms with Gasteiger partial charge >= 0.3 is 0 Å². The third kappa shape index (κ3) is 5.25. The summed E-state index contributed by atoms with van der Waals surface area (Å²) in [6.07, 6.45) is 0. The number of anilines is 1. The second-order valence-corrected chi connectivity index (χ2v) is 8.86. The van der Waals surface area contributed by atoms with Crippen LogP contribution in [0.25, 0.3) is 0 Å². The molecule has 0 aliphatic carbocycles. The van der Waals surface area contributed by atoms with Crippen LogP contribution in [0.15, 0.2) is 40.9 Å². The van der Waals surface area contributed by atoms with Crippen LogP contribution >= 0.6 is 23.1 Å². The highest BCUT2D eigenvalue weighted by Gasteiger charge is 2.23. The van der Waals surface area contributed by atoms with Crippen molar-refractivity contribution >= 4 is 40.0 Å². The fraction of sp³-hybridized carbons (Fsp3) is 0.350. The molecular weight excluding hydrogens is 420 g/mol. The predicted octanol–water partition coefficient (Wildman–Crippen LogP) is 3.67. The zero-order valence-electron chi connectivity index (χ0n) is 17.2. The lowest BCUT2D eigenvalue weighted by molar-refractivity contribution is -0.115. The summed E-state index contributed by atoms with van der Waals surface area (Å²) < 4.78 is 1.91. The highest BCUT2D eigenvalue weighted by molar-refractivity contribution is 8.00. The van der Waals surface area contributed by atoms with E-state index in [1.807, 2.05) is 55.8 Å². The Balaban J connectivity index is 1.67. The maximum absolute atomic E-state index is 12.5. The van der Waals surface area contributed by atoms with Crippen LogP contribution in [0.4, 0.5) is 5.13 Å². The number of rotatable bonds is 8. The second-order valence-electron chi connectivity index (χ2n) is 6.69. The van der Waals surface area contributed by atoms with Crippen molar-refractivity contribution in [1.29, 1.82) is 0 Å². The van der Waals surface area contributed by atoms with Crippen LogP contribution in [0.5, 0.6) is 0 Å². The van der Waals surface area contributed by atoms with Gasteiger partial charge in [0, 0.05) is 17.5 Å². The third-order valence-corrected chi connectivity index (χ3v) is 6.29. The summed E-state index contributed by atoms with van der Waals surface area (Å²) >= 11 is 2.72. The number of carbonyl (C=O) groups is 2. The Morgan fingerprint density at radius 2 is 1.93 bits per heavy atom. The fourth-order valence-corrected chi connectivity index (χ4v) is 4.38. The molecule has 0 radical (unpaired) electrons. The number of hydrogen-bond donors (Lipinski definition) is 2. The molecule has 2 atom stereocenters. The first-order valence-electron chi connectivity index (χ1n) is 9.57. The average molecular weight is 445 g/mol. The Morgan fingerprint density at radius 3 is 2.57 bits per heavy atom. The number of aromatic nitrogens is 4. The van der Waals surface area contributed by atoms with E-state index < -0.39 is 0 Å². The highest BCUT2D eigenvalue weighted by Crippen LogP contribution is 2.26. The molecule has 8 nitrogen and oxygen atoms in total. The maximum atomic E-state index is 12.5. The van der Waals surface area contributed by atoms with Crippen LogP contribution in [0.1, 0.15) is 48.7 Å². The summed E-state index contributed by atoms with van der Waals surface area (Å²) in [4.78, 5) is 29.2. The van der Waals surface area contributed by atoms with Gasteiger partial charge in [0.15, 0.2) is 16.1 Å². The highest BCUT2D eigenvalue weighted by atomic mass is 32.2. The molecule has 2 N–H and O–H groups in total. The molecule has 0 spiro atoms. The molecule has 2 heterocycles. The van der Waals surface area contributed by atoms with E-state index in [4.69, 9.17) is 0 Å². The van der Waals surface area contributed by atoms with Crippen molar-refractivity contribution < 1.29 is 9.59 Å². The first-order chi connectivity index (χ1) is 14.4. The van der Waals surface area contributed by atoms with Gasteiger partial charge in [-0.25, -0.2) is 4.98 Å². The number of hydrogen-bond acceptors (Lipinski definition) is 7. The first kappa shape index (κ1) is 22.0. The summed E-state index contributed by atoms with van der Waals surface area (Å²) in [6.45, 7) is 8.16. The number of thiazole rings is 1. The molecule has 0 saturated heterocycles. The van der Waals surface area contributed by atoms with Crippen molar-refractivity contribution in [2.75, 3.05) is 5.32 Å². The number of nitrogens with zero attached hydrogens (tertiary/aromatic N) is 4.